The van der Waals surface area contributed by atoms with Gasteiger partial charge in [0.1, 0.15) is 5.75 Å². The van der Waals surface area contributed by atoms with Crippen molar-refractivity contribution < 1.29 is 4.74 Å². The molecule has 0 saturated heterocycles. The predicted molar refractivity (Wildman–Crippen MR) is 81.9 cm³/mol. The van der Waals surface area contributed by atoms with E-state index in [4.69, 9.17) is 39.5 Å². The van der Waals surface area contributed by atoms with Gasteiger partial charge in [-0.3, -0.25) is 0 Å². The molecule has 0 atom stereocenters. The zero-order valence-corrected chi connectivity index (χ0v) is 13.1. The highest BCUT2D eigenvalue weighted by Gasteiger charge is 2.04. The quantitative estimate of drug-likeness (QED) is 0.534. The molecule has 0 aliphatic heterocycles. The molecule has 102 valence electrons. The van der Waals surface area contributed by atoms with E-state index in [0.717, 1.165) is 23.5 Å². The number of ether oxygens (including phenoxy) is 1. The first-order valence-corrected chi connectivity index (χ1v) is 7.93. The monoisotopic (exact) mass is 335 g/mol. The van der Waals surface area contributed by atoms with Crippen LogP contribution < -0.4 is 4.74 Å². The van der Waals surface area contributed by atoms with Crippen LogP contribution in [-0.2, 0) is 12.3 Å². The summed E-state index contributed by atoms with van der Waals surface area (Å²) in [6, 6.07) is 5.21. The third-order valence-corrected chi connectivity index (χ3v) is 4.18. The highest BCUT2D eigenvalue weighted by atomic mass is 35.5. The second-order valence-corrected chi connectivity index (χ2v) is 5.95. The van der Waals surface area contributed by atoms with Gasteiger partial charge in [0.05, 0.1) is 28.2 Å². The Hall–Kier alpha value is -0.480. The summed E-state index contributed by atoms with van der Waals surface area (Å²) in [5, 5.41) is 4.21. The molecular weight excluding hydrogens is 325 g/mol. The maximum absolute atomic E-state index is 6.01. The fraction of sp³-hybridized carbons (Fsp3) is 0.308. The maximum atomic E-state index is 6.01. The fourth-order valence-electron chi connectivity index (χ4n) is 1.52. The van der Waals surface area contributed by atoms with Crippen LogP contribution >= 0.6 is 46.1 Å². The first-order chi connectivity index (χ1) is 9.19. The highest BCUT2D eigenvalue weighted by Crippen LogP contribution is 2.27. The van der Waals surface area contributed by atoms with Crippen LogP contribution in [0.4, 0.5) is 0 Å². The fourth-order valence-corrected chi connectivity index (χ4v) is 3.05. The summed E-state index contributed by atoms with van der Waals surface area (Å²) >= 11 is 19.2. The van der Waals surface area contributed by atoms with Gasteiger partial charge in [-0.1, -0.05) is 23.2 Å². The van der Waals surface area contributed by atoms with Gasteiger partial charge in [-0.05, 0) is 24.6 Å². The first-order valence-electron chi connectivity index (χ1n) is 5.76. The van der Waals surface area contributed by atoms with E-state index in [2.05, 4.69) is 4.98 Å². The summed E-state index contributed by atoms with van der Waals surface area (Å²) in [5.41, 5.74) is 0.934. The van der Waals surface area contributed by atoms with Crippen LogP contribution in [0.5, 0.6) is 5.75 Å². The SMILES string of the molecule is ClCc1csc(CCCOc2ccc(Cl)cc2Cl)n1. The number of thiazole rings is 1. The van der Waals surface area contributed by atoms with Gasteiger partial charge in [-0.2, -0.15) is 0 Å². The minimum atomic E-state index is 0.466. The number of halogens is 3. The van der Waals surface area contributed by atoms with E-state index < -0.39 is 0 Å². The minimum absolute atomic E-state index is 0.466. The lowest BCUT2D eigenvalue weighted by Gasteiger charge is -2.07. The molecule has 1 aromatic heterocycles. The Morgan fingerprint density at radius 2 is 2.11 bits per heavy atom. The zero-order valence-electron chi connectivity index (χ0n) is 10.0. The zero-order chi connectivity index (χ0) is 13.7. The molecule has 19 heavy (non-hydrogen) atoms. The lowest BCUT2D eigenvalue weighted by Crippen LogP contribution is -1.99. The summed E-state index contributed by atoms with van der Waals surface area (Å²) in [5.74, 6) is 1.12. The Morgan fingerprint density at radius 3 is 2.79 bits per heavy atom. The van der Waals surface area contributed by atoms with Gasteiger partial charge in [-0.15, -0.1) is 22.9 Å². The standard InChI is InChI=1S/C13H12Cl3NOS/c14-7-10-8-19-13(17-10)2-1-5-18-12-4-3-9(15)6-11(12)16/h3-4,6,8H,1-2,5,7H2. The molecule has 0 radical (unpaired) electrons. The molecular formula is C13H12Cl3NOS. The number of aromatic nitrogens is 1. The molecule has 1 aromatic carbocycles. The first kappa shape index (κ1) is 14.9. The van der Waals surface area contributed by atoms with Crippen molar-refractivity contribution in [3.8, 4) is 5.75 Å². The number of alkyl halides is 1. The molecule has 0 fully saturated rings. The lowest BCUT2D eigenvalue weighted by molar-refractivity contribution is 0.311. The Balaban J connectivity index is 1.77. The summed E-state index contributed by atoms with van der Waals surface area (Å²) in [6.07, 6.45) is 1.76. The van der Waals surface area contributed by atoms with Crippen molar-refractivity contribution >= 4 is 46.1 Å². The number of hydrogen-bond donors (Lipinski definition) is 0. The third kappa shape index (κ3) is 4.53. The lowest BCUT2D eigenvalue weighted by atomic mass is 10.3. The van der Waals surface area contributed by atoms with Crippen LogP contribution in [0.2, 0.25) is 10.0 Å². The number of nitrogens with zero attached hydrogens (tertiary/aromatic N) is 1. The van der Waals surface area contributed by atoms with E-state index in [1.807, 2.05) is 5.38 Å². The second-order valence-electron chi connectivity index (χ2n) is 3.89. The van der Waals surface area contributed by atoms with Crippen LogP contribution in [0.1, 0.15) is 17.1 Å². The van der Waals surface area contributed by atoms with E-state index in [1.54, 1.807) is 29.5 Å². The molecule has 0 N–H and O–H groups in total. The summed E-state index contributed by atoms with van der Waals surface area (Å²) in [4.78, 5) is 4.39. The molecule has 0 aliphatic carbocycles. The molecule has 0 spiro atoms. The Morgan fingerprint density at radius 1 is 1.26 bits per heavy atom. The second kappa shape index (κ2) is 7.34. The number of aryl methyl sites for hydroxylation is 1. The van der Waals surface area contributed by atoms with Crippen molar-refractivity contribution in [2.45, 2.75) is 18.7 Å². The number of hydrogen-bond acceptors (Lipinski definition) is 3. The normalized spacial score (nSPS) is 10.7. The van der Waals surface area contributed by atoms with Crippen molar-refractivity contribution in [3.05, 3.63) is 44.3 Å². The molecule has 6 heteroatoms. The van der Waals surface area contributed by atoms with Gasteiger partial charge in [0.2, 0.25) is 0 Å². The van der Waals surface area contributed by atoms with E-state index >= 15 is 0 Å². The van der Waals surface area contributed by atoms with E-state index in [0.29, 0.717) is 28.3 Å². The van der Waals surface area contributed by atoms with E-state index in [-0.39, 0.29) is 0 Å². The van der Waals surface area contributed by atoms with Gasteiger partial charge in [0.15, 0.2) is 0 Å². The third-order valence-electron chi connectivity index (χ3n) is 2.42. The smallest absolute Gasteiger partial charge is 0.137 e. The number of rotatable bonds is 6. The van der Waals surface area contributed by atoms with Crippen LogP contribution in [0.3, 0.4) is 0 Å². The molecule has 2 aromatic rings. The molecule has 0 bridgehead atoms. The predicted octanol–water partition coefficient (Wildman–Crippen LogP) is 5.20. The van der Waals surface area contributed by atoms with Crippen LogP contribution in [0.15, 0.2) is 23.6 Å². The molecule has 0 amide bonds. The van der Waals surface area contributed by atoms with Crippen LogP contribution in [0, 0.1) is 0 Å². The van der Waals surface area contributed by atoms with Gasteiger partial charge in [0.25, 0.3) is 0 Å². The number of benzene rings is 1. The molecule has 0 aliphatic rings. The Bertz CT molecular complexity index is 544. The topological polar surface area (TPSA) is 22.1 Å². The van der Waals surface area contributed by atoms with E-state index in [1.165, 1.54) is 0 Å². The molecule has 0 saturated carbocycles. The van der Waals surface area contributed by atoms with Gasteiger partial charge in [0, 0.05) is 16.8 Å². The molecule has 1 heterocycles. The van der Waals surface area contributed by atoms with Crippen molar-refractivity contribution in [1.82, 2.24) is 4.98 Å². The summed E-state index contributed by atoms with van der Waals surface area (Å²) < 4.78 is 5.61. The van der Waals surface area contributed by atoms with Gasteiger partial charge < -0.3 is 4.74 Å². The van der Waals surface area contributed by atoms with Gasteiger partial charge in [-0.25, -0.2) is 4.98 Å². The van der Waals surface area contributed by atoms with Crippen molar-refractivity contribution in [1.29, 1.82) is 0 Å². The van der Waals surface area contributed by atoms with Crippen molar-refractivity contribution in [3.63, 3.8) is 0 Å². The van der Waals surface area contributed by atoms with Gasteiger partial charge >= 0.3 is 0 Å². The summed E-state index contributed by atoms with van der Waals surface area (Å²) in [6.45, 7) is 0.594. The van der Waals surface area contributed by atoms with Crippen molar-refractivity contribution in [2.24, 2.45) is 0 Å². The summed E-state index contributed by atoms with van der Waals surface area (Å²) in [7, 11) is 0. The molecule has 0 unspecified atom stereocenters. The average Bonchev–Trinajstić information content (AvgIpc) is 2.84. The Labute approximate surface area is 131 Å². The minimum Gasteiger partial charge on any atom is -0.492 e. The maximum Gasteiger partial charge on any atom is 0.137 e. The Kier molecular flexibility index (Phi) is 5.76. The van der Waals surface area contributed by atoms with E-state index in [9.17, 15) is 0 Å². The highest BCUT2D eigenvalue weighted by molar-refractivity contribution is 7.09. The average molecular weight is 337 g/mol. The van der Waals surface area contributed by atoms with Crippen LogP contribution in [0.25, 0.3) is 0 Å². The largest absolute Gasteiger partial charge is 0.492 e. The van der Waals surface area contributed by atoms with Crippen LogP contribution in [-0.4, -0.2) is 11.6 Å². The molecule has 2 nitrogen and oxygen atoms in total. The van der Waals surface area contributed by atoms with Crippen molar-refractivity contribution in [2.75, 3.05) is 6.61 Å². The molecule has 2 rings (SSSR count).